The van der Waals surface area contributed by atoms with Crippen molar-refractivity contribution in [3.8, 4) is 6.01 Å². The second-order valence-corrected chi connectivity index (χ2v) is 9.46. The molecular weight excluding hydrogens is 510 g/mol. The van der Waals surface area contributed by atoms with Crippen LogP contribution in [0.1, 0.15) is 49.9 Å². The summed E-state index contributed by atoms with van der Waals surface area (Å²) in [7, 11) is 2.14. The SMILES string of the molecule is C=C[C-]=O.CCc1cccc2ccc[c-]c12.[CH2-]Cc1c([CH2-])nc(OC[C@@H]2CCCN2C)nc1N(C[CH2-])C[CH-]CC.[Li+].[Li+]. The third kappa shape index (κ3) is 12.2. The topological polar surface area (TPSA) is 58.6 Å². The zero-order chi connectivity index (χ0) is 29.3. The maximum atomic E-state index is 8.93. The van der Waals surface area contributed by atoms with Crippen LogP contribution in [0.5, 0.6) is 6.01 Å². The molecule has 0 saturated carbocycles. The summed E-state index contributed by atoms with van der Waals surface area (Å²) in [5.74, 6) is 0.847. The minimum absolute atomic E-state index is 0. The van der Waals surface area contributed by atoms with Gasteiger partial charge in [0.25, 0.3) is 0 Å². The molecule has 0 radical (unpaired) electrons. The number of aromatic nitrogens is 2. The average Bonchev–Trinajstić information content (AvgIpc) is 3.40. The molecule has 1 fully saturated rings. The second kappa shape index (κ2) is 22.4. The van der Waals surface area contributed by atoms with Gasteiger partial charge >= 0.3 is 43.7 Å². The Labute approximate surface area is 279 Å². The van der Waals surface area contributed by atoms with Crippen LogP contribution in [0, 0.1) is 33.3 Å². The van der Waals surface area contributed by atoms with Gasteiger partial charge < -0.3 is 39.6 Å². The number of allylic oxidation sites excluding steroid dienone is 1. The Morgan fingerprint density at radius 2 is 1.95 bits per heavy atom. The number of ether oxygens (including phenoxy) is 1. The zero-order valence-electron chi connectivity index (χ0n) is 26.5. The van der Waals surface area contributed by atoms with Gasteiger partial charge in [-0.15, -0.1) is 59.8 Å². The summed E-state index contributed by atoms with van der Waals surface area (Å²) in [6.45, 7) is 22.6. The van der Waals surface area contributed by atoms with Crippen LogP contribution in [0.25, 0.3) is 10.8 Å². The van der Waals surface area contributed by atoms with Gasteiger partial charge in [-0.05, 0) is 32.7 Å². The van der Waals surface area contributed by atoms with Crippen LogP contribution in [0.15, 0.2) is 49.1 Å². The Morgan fingerprint density at radius 3 is 2.52 bits per heavy atom. The number of aryl methyl sites for hydroxylation is 1. The molecule has 0 bridgehead atoms. The fourth-order valence-corrected chi connectivity index (χ4v) is 4.52. The molecule has 8 heteroatoms. The summed E-state index contributed by atoms with van der Waals surface area (Å²) in [6.07, 6.45) is 9.79. The van der Waals surface area contributed by atoms with Crippen molar-refractivity contribution in [3.63, 3.8) is 0 Å². The second-order valence-electron chi connectivity index (χ2n) is 9.46. The van der Waals surface area contributed by atoms with Crippen molar-refractivity contribution < 1.29 is 47.3 Å². The quantitative estimate of drug-likeness (QED) is 0.193. The number of anilines is 1. The van der Waals surface area contributed by atoms with Crippen LogP contribution in [0.3, 0.4) is 0 Å². The van der Waals surface area contributed by atoms with Crippen LogP contribution in [0.2, 0.25) is 0 Å². The van der Waals surface area contributed by atoms with Gasteiger partial charge in [-0.25, -0.2) is 31.0 Å². The normalized spacial score (nSPS) is 13.8. The number of benzene rings is 2. The van der Waals surface area contributed by atoms with Crippen molar-refractivity contribution in [1.29, 1.82) is 0 Å². The fourth-order valence-electron chi connectivity index (χ4n) is 4.52. The number of rotatable bonds is 11. The summed E-state index contributed by atoms with van der Waals surface area (Å²) < 4.78 is 5.90. The number of likely N-dealkylation sites (tertiary alicyclic amines) is 1. The average molecular weight is 555 g/mol. The first-order valence-electron chi connectivity index (χ1n) is 14.0. The molecule has 0 spiro atoms. The van der Waals surface area contributed by atoms with E-state index in [4.69, 9.17) is 9.53 Å². The molecule has 218 valence electrons. The molecular formula is C34H44Li2N4O2-4. The molecule has 1 aliphatic heterocycles. The Kier molecular flexibility index (Phi) is 21.2. The first-order chi connectivity index (χ1) is 19.4. The molecule has 42 heavy (non-hydrogen) atoms. The molecule has 1 atom stereocenters. The summed E-state index contributed by atoms with van der Waals surface area (Å²) in [5, 5.41) is 2.55. The van der Waals surface area contributed by atoms with E-state index in [9.17, 15) is 0 Å². The molecule has 1 aliphatic rings. The molecule has 3 aromatic rings. The van der Waals surface area contributed by atoms with E-state index in [1.54, 1.807) is 0 Å². The molecule has 2 aromatic carbocycles. The number of carbonyl (C=O) groups excluding carboxylic acids is 1. The van der Waals surface area contributed by atoms with Gasteiger partial charge in [0.2, 0.25) is 0 Å². The van der Waals surface area contributed by atoms with Crippen molar-refractivity contribution in [2.45, 2.75) is 52.0 Å². The van der Waals surface area contributed by atoms with Gasteiger partial charge in [-0.2, -0.15) is 17.0 Å². The molecule has 1 saturated heterocycles. The molecule has 0 aliphatic carbocycles. The number of unbranched alkanes of at least 4 members (excludes halogenated alkanes) is 1. The number of hydrogen-bond donors (Lipinski definition) is 0. The largest absolute Gasteiger partial charge is 1.00 e. The van der Waals surface area contributed by atoms with Gasteiger partial charge in [0.15, 0.2) is 0 Å². The van der Waals surface area contributed by atoms with E-state index in [1.807, 2.05) is 12.1 Å². The fraction of sp³-hybridized carbons (Fsp3) is 0.382. The van der Waals surface area contributed by atoms with Crippen LogP contribution in [-0.4, -0.2) is 60.5 Å². The van der Waals surface area contributed by atoms with Gasteiger partial charge in [-0.1, -0.05) is 38.1 Å². The van der Waals surface area contributed by atoms with Crippen LogP contribution in [0.4, 0.5) is 5.82 Å². The van der Waals surface area contributed by atoms with Gasteiger partial charge in [-0.3, -0.25) is 0 Å². The summed E-state index contributed by atoms with van der Waals surface area (Å²) in [4.78, 5) is 22.5. The van der Waals surface area contributed by atoms with Crippen LogP contribution in [-0.2, 0) is 17.6 Å². The first-order valence-corrected chi connectivity index (χ1v) is 14.0. The van der Waals surface area contributed by atoms with E-state index >= 15 is 0 Å². The van der Waals surface area contributed by atoms with Crippen molar-refractivity contribution >= 4 is 22.9 Å². The molecule has 0 unspecified atom stereocenters. The smallest absolute Gasteiger partial charge is 0.462 e. The van der Waals surface area contributed by atoms with Crippen molar-refractivity contribution in [2.75, 3.05) is 38.2 Å². The van der Waals surface area contributed by atoms with E-state index in [-0.39, 0.29) is 37.7 Å². The Hall–Kier alpha value is -2.19. The molecule has 1 aromatic heterocycles. The molecule has 6 nitrogen and oxygen atoms in total. The zero-order valence-corrected chi connectivity index (χ0v) is 26.5. The number of likely N-dealkylation sites (N-methyl/N-ethyl adjacent to an activating group) is 1. The minimum atomic E-state index is 0. The third-order valence-electron chi connectivity index (χ3n) is 6.83. The van der Waals surface area contributed by atoms with Crippen LogP contribution < -0.4 is 47.4 Å². The van der Waals surface area contributed by atoms with E-state index in [1.165, 1.54) is 29.0 Å². The predicted molar refractivity (Wildman–Crippen MR) is 167 cm³/mol. The first kappa shape index (κ1) is 39.8. The number of nitrogens with zero attached hydrogens (tertiary/aromatic N) is 4. The Balaban J connectivity index is 0.000000779. The van der Waals surface area contributed by atoms with Gasteiger partial charge in [0, 0.05) is 11.9 Å². The van der Waals surface area contributed by atoms with E-state index in [2.05, 4.69) is 105 Å². The number of fused-ring (bicyclic) bond motifs is 1. The van der Waals surface area contributed by atoms with E-state index in [0.29, 0.717) is 37.3 Å². The summed E-state index contributed by atoms with van der Waals surface area (Å²) >= 11 is 0. The van der Waals surface area contributed by atoms with Crippen molar-refractivity contribution in [2.24, 2.45) is 0 Å². The van der Waals surface area contributed by atoms with Crippen molar-refractivity contribution in [3.05, 3.63) is 99.1 Å². The summed E-state index contributed by atoms with van der Waals surface area (Å²) in [6, 6.07) is 16.7. The van der Waals surface area contributed by atoms with Crippen LogP contribution >= 0.6 is 0 Å². The summed E-state index contributed by atoms with van der Waals surface area (Å²) in [5.41, 5.74) is 3.04. The molecule has 0 N–H and O–H groups in total. The molecule has 0 amide bonds. The third-order valence-corrected chi connectivity index (χ3v) is 6.83. The van der Waals surface area contributed by atoms with E-state index < -0.39 is 0 Å². The monoisotopic (exact) mass is 554 g/mol. The Morgan fingerprint density at radius 1 is 1.24 bits per heavy atom. The standard InChI is InChI=1S/C19H30N4O.C12H11.C3H3O.2Li/c1-6-9-13-23(8-3)18-17(7-2)15(4)20-19(21-18)24-14-16-11-10-12-22(16)5;1-2-10-7-5-8-11-6-3-4-9-12(10)11;1-2-3-4;;/h9,16H,2-4,6-8,10-14H2,1,5H3;3-8H,2H2,1H3;2H,1H2;;/q-4;2*-1;2*+1/t16-;;;;/m0..../s1. The maximum Gasteiger partial charge on any atom is 1.00 e. The van der Waals surface area contributed by atoms with Gasteiger partial charge in [0.05, 0.1) is 0 Å². The molecule has 4 rings (SSSR count). The molecule has 2 heterocycles. The predicted octanol–water partition coefficient (Wildman–Crippen LogP) is 0.256. The van der Waals surface area contributed by atoms with Crippen molar-refractivity contribution in [1.82, 2.24) is 14.9 Å². The number of hydrogen-bond acceptors (Lipinski definition) is 6. The Bertz CT molecular complexity index is 1180. The maximum absolute atomic E-state index is 8.93. The van der Waals surface area contributed by atoms with E-state index in [0.717, 1.165) is 49.8 Å². The van der Waals surface area contributed by atoms with Gasteiger partial charge in [0.1, 0.15) is 6.61 Å². The minimum Gasteiger partial charge on any atom is -0.462 e.